The predicted octanol–water partition coefficient (Wildman–Crippen LogP) is 7.20. The maximum atomic E-state index is 16.0. The summed E-state index contributed by atoms with van der Waals surface area (Å²) in [6, 6.07) is 18.8. The molecule has 4 rings (SSSR count). The van der Waals surface area contributed by atoms with E-state index in [-0.39, 0.29) is 33.8 Å². The first kappa shape index (κ1) is 34.2. The van der Waals surface area contributed by atoms with E-state index in [1.54, 1.807) is 64.1 Å². The van der Waals surface area contributed by atoms with Crippen LogP contribution >= 0.6 is 0 Å². The molecule has 0 amide bonds. The minimum atomic E-state index is -4.86. The average Bonchev–Trinajstić information content (AvgIpc) is 3.23. The van der Waals surface area contributed by atoms with Gasteiger partial charge >= 0.3 is 17.9 Å². The number of hydrogen-bond acceptors (Lipinski definition) is 8. The fraction of sp³-hybridized carbons (Fsp3) is 0.412. The molecule has 0 spiro atoms. The summed E-state index contributed by atoms with van der Waals surface area (Å²) in [5, 5.41) is 0. The van der Waals surface area contributed by atoms with E-state index in [0.717, 1.165) is 5.56 Å². The van der Waals surface area contributed by atoms with Crippen LogP contribution in [0.15, 0.2) is 77.7 Å². The Bertz CT molecular complexity index is 1580. The lowest BCUT2D eigenvalue weighted by Gasteiger charge is -2.25. The van der Waals surface area contributed by atoms with Gasteiger partial charge in [-0.2, -0.15) is 17.2 Å². The zero-order chi connectivity index (χ0) is 33.1. The smallest absolute Gasteiger partial charge is 0.338 e. The van der Waals surface area contributed by atoms with E-state index in [9.17, 15) is 18.0 Å². The largest absolute Gasteiger partial charge is 0.459 e. The molecule has 0 N–H and O–H groups in total. The first-order chi connectivity index (χ1) is 21.1. The van der Waals surface area contributed by atoms with Crippen molar-refractivity contribution >= 4 is 22.1 Å². The lowest BCUT2D eigenvalue weighted by Crippen LogP contribution is -2.45. The summed E-state index contributed by atoms with van der Waals surface area (Å²) in [7, 11) is -4.86. The van der Waals surface area contributed by atoms with Gasteiger partial charge in [-0.1, -0.05) is 90.1 Å². The molecule has 0 bridgehead atoms. The van der Waals surface area contributed by atoms with Crippen molar-refractivity contribution in [2.24, 2.45) is 0 Å². The summed E-state index contributed by atoms with van der Waals surface area (Å²) >= 11 is 0. The molecule has 0 saturated carbocycles. The molecule has 0 radical (unpaired) electrons. The summed E-state index contributed by atoms with van der Waals surface area (Å²) in [5.74, 6) is -6.58. The maximum absolute atomic E-state index is 16.0. The molecule has 1 aliphatic rings. The van der Waals surface area contributed by atoms with E-state index in [4.69, 9.17) is 18.4 Å². The zero-order valence-electron chi connectivity index (χ0n) is 26.0. The number of carbonyl (C=O) groups is 2. The van der Waals surface area contributed by atoms with Crippen LogP contribution in [-0.2, 0) is 28.5 Å². The van der Waals surface area contributed by atoms with Crippen molar-refractivity contribution in [3.05, 3.63) is 101 Å². The minimum absolute atomic E-state index is 0.0151. The lowest BCUT2D eigenvalue weighted by molar-refractivity contribution is -0.183. The van der Waals surface area contributed by atoms with Gasteiger partial charge < -0.3 is 14.2 Å². The van der Waals surface area contributed by atoms with Gasteiger partial charge in [-0.05, 0) is 58.7 Å². The molecular weight excluding hydrogens is 606 g/mol. The van der Waals surface area contributed by atoms with Crippen molar-refractivity contribution in [1.29, 1.82) is 0 Å². The fourth-order valence-electron chi connectivity index (χ4n) is 4.99. The first-order valence-electron chi connectivity index (χ1n) is 14.8. The number of halogens is 2. The molecule has 1 aliphatic heterocycles. The maximum Gasteiger partial charge on any atom is 0.338 e. The SMILES string of the molecule is CC(C)c1cc(C(C)C)c(S(=O)(=O)OC2O[C@H](COC(=O)c3ccccc3)[C@@H](OC(=O)c3ccccc3)C2(F)F)c(C(C)C)c1. The second kappa shape index (κ2) is 13.8. The van der Waals surface area contributed by atoms with Crippen LogP contribution in [0.4, 0.5) is 8.78 Å². The van der Waals surface area contributed by atoms with Gasteiger partial charge in [-0.15, -0.1) is 0 Å². The highest BCUT2D eigenvalue weighted by Crippen LogP contribution is 2.43. The lowest BCUT2D eigenvalue weighted by atomic mass is 9.89. The van der Waals surface area contributed by atoms with Crippen LogP contribution in [0.2, 0.25) is 0 Å². The molecule has 242 valence electrons. The Kier molecular flexibility index (Phi) is 10.5. The van der Waals surface area contributed by atoms with Crippen molar-refractivity contribution < 1.29 is 45.2 Å². The topological polar surface area (TPSA) is 105 Å². The summed E-state index contributed by atoms with van der Waals surface area (Å²) in [6.07, 6.45) is -6.77. The molecule has 1 saturated heterocycles. The summed E-state index contributed by atoms with van der Waals surface area (Å²) in [5.41, 5.74) is 1.89. The molecule has 3 aromatic carbocycles. The molecule has 1 fully saturated rings. The molecule has 45 heavy (non-hydrogen) atoms. The number of rotatable bonds is 11. The standard InChI is InChI=1S/C34H38F2O8S/c1-20(2)25-17-26(21(3)4)29(27(18-25)22(5)6)45(39,40)44-33-34(35,36)30(43-32(38)24-15-11-8-12-16-24)28(42-33)19-41-31(37)23-13-9-7-10-14-23/h7-18,20-22,28,30,33H,19H2,1-6H3/t28-,30-,33?/m1/s1. The average molecular weight is 645 g/mol. The van der Waals surface area contributed by atoms with Crippen molar-refractivity contribution in [2.45, 2.75) is 88.6 Å². The normalized spacial score (nSPS) is 19.7. The Hall–Kier alpha value is -3.67. The highest BCUT2D eigenvalue weighted by Gasteiger charge is 2.64. The van der Waals surface area contributed by atoms with Crippen molar-refractivity contribution in [1.82, 2.24) is 0 Å². The van der Waals surface area contributed by atoms with Crippen molar-refractivity contribution in [3.8, 4) is 0 Å². The Morgan fingerprint density at radius 3 is 1.76 bits per heavy atom. The van der Waals surface area contributed by atoms with Crippen LogP contribution in [-0.4, -0.2) is 51.4 Å². The third kappa shape index (κ3) is 7.59. The number of esters is 2. The van der Waals surface area contributed by atoms with Crippen molar-refractivity contribution in [3.63, 3.8) is 0 Å². The Balaban J connectivity index is 1.69. The summed E-state index contributed by atoms with van der Waals surface area (Å²) in [4.78, 5) is 25.2. The van der Waals surface area contributed by atoms with Crippen molar-refractivity contribution in [2.75, 3.05) is 6.61 Å². The molecule has 11 heteroatoms. The monoisotopic (exact) mass is 644 g/mol. The van der Waals surface area contributed by atoms with E-state index in [1.165, 1.54) is 36.4 Å². The van der Waals surface area contributed by atoms with Gasteiger partial charge in [0.25, 0.3) is 10.1 Å². The second-order valence-corrected chi connectivity index (χ2v) is 13.4. The molecule has 3 aromatic rings. The second-order valence-electron chi connectivity index (χ2n) is 11.9. The van der Waals surface area contributed by atoms with E-state index < -0.39 is 53.1 Å². The third-order valence-electron chi connectivity index (χ3n) is 7.50. The summed E-state index contributed by atoms with van der Waals surface area (Å²) < 4.78 is 80.9. The number of ether oxygens (including phenoxy) is 3. The van der Waals surface area contributed by atoms with Crippen LogP contribution in [0.5, 0.6) is 0 Å². The highest BCUT2D eigenvalue weighted by atomic mass is 32.2. The van der Waals surface area contributed by atoms with Crippen LogP contribution < -0.4 is 0 Å². The predicted molar refractivity (Wildman–Crippen MR) is 163 cm³/mol. The molecule has 1 unspecified atom stereocenters. The van der Waals surface area contributed by atoms with Crippen LogP contribution in [0, 0.1) is 0 Å². The third-order valence-corrected chi connectivity index (χ3v) is 8.90. The molecule has 0 aliphatic carbocycles. The van der Waals surface area contributed by atoms with Gasteiger partial charge in [0.1, 0.15) is 17.6 Å². The van der Waals surface area contributed by atoms with Gasteiger partial charge in [-0.3, -0.25) is 0 Å². The van der Waals surface area contributed by atoms with E-state index in [2.05, 4.69) is 0 Å². The molecule has 3 atom stereocenters. The molecule has 8 nitrogen and oxygen atoms in total. The Labute approximate surface area is 262 Å². The van der Waals surface area contributed by atoms with Gasteiger partial charge in [-0.25, -0.2) is 13.8 Å². The van der Waals surface area contributed by atoms with Crippen LogP contribution in [0.25, 0.3) is 0 Å². The molecule has 0 aromatic heterocycles. The van der Waals surface area contributed by atoms with E-state index >= 15 is 8.78 Å². The van der Waals surface area contributed by atoms with E-state index in [0.29, 0.717) is 11.1 Å². The van der Waals surface area contributed by atoms with E-state index in [1.807, 2.05) is 13.8 Å². The van der Waals surface area contributed by atoms with Crippen LogP contribution in [0.3, 0.4) is 0 Å². The number of hydrogen-bond donors (Lipinski definition) is 0. The summed E-state index contributed by atoms with van der Waals surface area (Å²) in [6.45, 7) is 10.4. The van der Waals surface area contributed by atoms with Gasteiger partial charge in [0, 0.05) is 0 Å². The number of carbonyl (C=O) groups excluding carboxylic acids is 2. The molecule has 1 heterocycles. The van der Waals surface area contributed by atoms with Gasteiger partial charge in [0.2, 0.25) is 12.4 Å². The Morgan fingerprint density at radius 2 is 1.29 bits per heavy atom. The van der Waals surface area contributed by atoms with Gasteiger partial charge in [0.05, 0.1) is 11.1 Å². The number of benzene rings is 3. The van der Waals surface area contributed by atoms with Crippen LogP contribution in [0.1, 0.15) is 96.7 Å². The highest BCUT2D eigenvalue weighted by molar-refractivity contribution is 7.86. The molecular formula is C34H38F2O8S. The van der Waals surface area contributed by atoms with Gasteiger partial charge in [0.15, 0.2) is 0 Å². The minimum Gasteiger partial charge on any atom is -0.459 e. The Morgan fingerprint density at radius 1 is 0.800 bits per heavy atom. The first-order valence-corrected chi connectivity index (χ1v) is 16.2. The zero-order valence-corrected chi connectivity index (χ0v) is 26.8. The number of alkyl halides is 2. The fourth-order valence-corrected chi connectivity index (χ4v) is 6.65. The quantitative estimate of drug-likeness (QED) is 0.159.